The molecule has 1 aliphatic heterocycles. The Hall–Kier alpha value is -2.55. The molecular formula is C15H12N2O. The normalized spacial score (nSPS) is 15.6. The molecule has 1 amide bonds. The molecule has 0 bridgehead atoms. The van der Waals surface area contributed by atoms with Crippen LogP contribution in [0.1, 0.15) is 11.1 Å². The lowest BCUT2D eigenvalue weighted by Gasteiger charge is -2.00. The number of rotatable bonds is 1. The van der Waals surface area contributed by atoms with E-state index >= 15 is 0 Å². The molecule has 0 unspecified atom stereocenters. The molecular weight excluding hydrogens is 224 g/mol. The quantitative estimate of drug-likeness (QED) is 0.591. The van der Waals surface area contributed by atoms with E-state index in [0.717, 1.165) is 16.8 Å². The Labute approximate surface area is 105 Å². The molecule has 1 heterocycles. The minimum atomic E-state index is -0.0838. The lowest BCUT2D eigenvalue weighted by Crippen LogP contribution is -2.03. The van der Waals surface area contributed by atoms with Gasteiger partial charge >= 0.3 is 0 Å². The second kappa shape index (κ2) is 4.04. The highest BCUT2D eigenvalue weighted by Crippen LogP contribution is 2.34. The number of nitrogens with two attached hydrogens (primary N) is 1. The fourth-order valence-corrected chi connectivity index (χ4v) is 2.06. The van der Waals surface area contributed by atoms with Crippen LogP contribution in [-0.2, 0) is 4.79 Å². The fourth-order valence-electron chi connectivity index (χ4n) is 2.06. The zero-order chi connectivity index (χ0) is 12.5. The predicted octanol–water partition coefficient (Wildman–Crippen LogP) is 2.76. The third-order valence-corrected chi connectivity index (χ3v) is 2.94. The van der Waals surface area contributed by atoms with Gasteiger partial charge in [-0.2, -0.15) is 0 Å². The van der Waals surface area contributed by atoms with Gasteiger partial charge in [-0.1, -0.05) is 30.3 Å². The van der Waals surface area contributed by atoms with Crippen LogP contribution in [0.2, 0.25) is 0 Å². The molecule has 0 atom stereocenters. The van der Waals surface area contributed by atoms with E-state index in [1.165, 1.54) is 0 Å². The third-order valence-electron chi connectivity index (χ3n) is 2.94. The van der Waals surface area contributed by atoms with Crippen LogP contribution in [0, 0.1) is 0 Å². The van der Waals surface area contributed by atoms with Crippen molar-refractivity contribution in [2.45, 2.75) is 0 Å². The van der Waals surface area contributed by atoms with Crippen LogP contribution in [0.25, 0.3) is 11.6 Å². The molecule has 0 aromatic heterocycles. The molecule has 3 rings (SSSR count). The molecule has 0 aliphatic carbocycles. The highest BCUT2D eigenvalue weighted by atomic mass is 16.2. The molecule has 3 nitrogen and oxygen atoms in total. The van der Waals surface area contributed by atoms with Crippen molar-refractivity contribution in [3.8, 4) is 0 Å². The number of hydrogen-bond acceptors (Lipinski definition) is 2. The van der Waals surface area contributed by atoms with Crippen LogP contribution < -0.4 is 11.1 Å². The minimum absolute atomic E-state index is 0.0838. The molecule has 0 radical (unpaired) electrons. The minimum Gasteiger partial charge on any atom is -0.399 e. The summed E-state index contributed by atoms with van der Waals surface area (Å²) in [7, 11) is 0. The average molecular weight is 236 g/mol. The van der Waals surface area contributed by atoms with Crippen molar-refractivity contribution in [3.63, 3.8) is 0 Å². The smallest absolute Gasteiger partial charge is 0.256 e. The van der Waals surface area contributed by atoms with Gasteiger partial charge in [-0.25, -0.2) is 0 Å². The van der Waals surface area contributed by atoms with E-state index in [-0.39, 0.29) is 5.91 Å². The molecule has 2 aromatic carbocycles. The molecule has 0 spiro atoms. The summed E-state index contributed by atoms with van der Waals surface area (Å²) in [6.07, 6.45) is 1.88. The van der Waals surface area contributed by atoms with E-state index < -0.39 is 0 Å². The van der Waals surface area contributed by atoms with Crippen molar-refractivity contribution in [2.75, 3.05) is 11.1 Å². The second-order valence-electron chi connectivity index (χ2n) is 4.23. The largest absolute Gasteiger partial charge is 0.399 e. The number of carbonyl (C=O) groups excluding carboxylic acids is 1. The first kappa shape index (κ1) is 10.6. The van der Waals surface area contributed by atoms with Crippen molar-refractivity contribution >= 4 is 28.9 Å². The van der Waals surface area contributed by atoms with E-state index in [9.17, 15) is 4.79 Å². The average Bonchev–Trinajstić information content (AvgIpc) is 2.67. The summed E-state index contributed by atoms with van der Waals surface area (Å²) in [6.45, 7) is 0. The highest BCUT2D eigenvalue weighted by molar-refractivity contribution is 6.35. The summed E-state index contributed by atoms with van der Waals surface area (Å²) in [5.41, 5.74) is 9.76. The topological polar surface area (TPSA) is 55.1 Å². The van der Waals surface area contributed by atoms with E-state index in [1.807, 2.05) is 48.5 Å². The maximum Gasteiger partial charge on any atom is 0.256 e. The Morgan fingerprint density at radius 3 is 2.61 bits per heavy atom. The van der Waals surface area contributed by atoms with Crippen molar-refractivity contribution in [3.05, 3.63) is 59.7 Å². The molecule has 18 heavy (non-hydrogen) atoms. The molecule has 0 saturated heterocycles. The van der Waals surface area contributed by atoms with E-state index in [0.29, 0.717) is 11.3 Å². The molecule has 88 valence electrons. The van der Waals surface area contributed by atoms with Crippen LogP contribution in [0.4, 0.5) is 11.4 Å². The molecule has 0 saturated carbocycles. The van der Waals surface area contributed by atoms with E-state index in [2.05, 4.69) is 5.32 Å². The first-order chi connectivity index (χ1) is 8.74. The number of fused-ring (bicyclic) bond motifs is 1. The van der Waals surface area contributed by atoms with Crippen LogP contribution in [-0.4, -0.2) is 5.91 Å². The summed E-state index contributed by atoms with van der Waals surface area (Å²) in [5.74, 6) is -0.0838. The predicted molar refractivity (Wildman–Crippen MR) is 73.8 cm³/mol. The molecule has 1 aliphatic rings. The van der Waals surface area contributed by atoms with Crippen molar-refractivity contribution in [2.24, 2.45) is 0 Å². The maximum absolute atomic E-state index is 11.9. The van der Waals surface area contributed by atoms with Crippen LogP contribution in [0.3, 0.4) is 0 Å². The Balaban J connectivity index is 2.12. The van der Waals surface area contributed by atoms with Gasteiger partial charge in [-0.3, -0.25) is 4.79 Å². The Morgan fingerprint density at radius 2 is 1.83 bits per heavy atom. The fraction of sp³-hybridized carbons (Fsp3) is 0. The maximum atomic E-state index is 11.9. The SMILES string of the molecule is Nc1ccc2c(c1)C(=Cc1ccccc1)C(=O)N2. The monoisotopic (exact) mass is 236 g/mol. The standard InChI is InChI=1S/C15H12N2O/c16-11-6-7-14-12(9-11)13(15(18)17-14)8-10-4-2-1-3-5-10/h1-9H,16H2,(H,17,18). The first-order valence-electron chi connectivity index (χ1n) is 5.72. The van der Waals surface area contributed by atoms with Gasteiger partial charge in [-0.15, -0.1) is 0 Å². The first-order valence-corrected chi connectivity index (χ1v) is 5.72. The van der Waals surface area contributed by atoms with E-state index in [1.54, 1.807) is 6.07 Å². The zero-order valence-electron chi connectivity index (χ0n) is 9.68. The lowest BCUT2D eigenvalue weighted by atomic mass is 10.0. The zero-order valence-corrected chi connectivity index (χ0v) is 9.68. The summed E-state index contributed by atoms with van der Waals surface area (Å²) < 4.78 is 0. The van der Waals surface area contributed by atoms with Crippen LogP contribution in [0.15, 0.2) is 48.5 Å². The van der Waals surface area contributed by atoms with Gasteiger partial charge in [0.15, 0.2) is 0 Å². The van der Waals surface area contributed by atoms with Crippen molar-refractivity contribution < 1.29 is 4.79 Å². The van der Waals surface area contributed by atoms with Gasteiger partial charge in [0.1, 0.15) is 0 Å². The van der Waals surface area contributed by atoms with Gasteiger partial charge in [0.05, 0.1) is 0 Å². The summed E-state index contributed by atoms with van der Waals surface area (Å²) in [4.78, 5) is 11.9. The Kier molecular flexibility index (Phi) is 2.38. The molecule has 2 aromatic rings. The van der Waals surface area contributed by atoms with Crippen molar-refractivity contribution in [1.82, 2.24) is 0 Å². The van der Waals surface area contributed by atoms with Gasteiger partial charge in [0.25, 0.3) is 5.91 Å². The molecule has 3 N–H and O–H groups in total. The van der Waals surface area contributed by atoms with E-state index in [4.69, 9.17) is 5.73 Å². The van der Waals surface area contributed by atoms with Gasteiger partial charge in [0, 0.05) is 22.5 Å². The molecule has 0 fully saturated rings. The summed E-state index contributed by atoms with van der Waals surface area (Å²) in [5, 5.41) is 2.83. The summed E-state index contributed by atoms with van der Waals surface area (Å²) in [6, 6.07) is 15.2. The number of carbonyl (C=O) groups is 1. The van der Waals surface area contributed by atoms with Crippen LogP contribution in [0.5, 0.6) is 0 Å². The van der Waals surface area contributed by atoms with Crippen LogP contribution >= 0.6 is 0 Å². The number of nitrogens with one attached hydrogen (secondary N) is 1. The number of anilines is 2. The van der Waals surface area contributed by atoms with Gasteiger partial charge < -0.3 is 11.1 Å². The number of hydrogen-bond donors (Lipinski definition) is 2. The Bertz CT molecular complexity index is 645. The second-order valence-corrected chi connectivity index (χ2v) is 4.23. The summed E-state index contributed by atoms with van der Waals surface area (Å²) >= 11 is 0. The number of benzene rings is 2. The van der Waals surface area contributed by atoms with Crippen molar-refractivity contribution in [1.29, 1.82) is 0 Å². The Morgan fingerprint density at radius 1 is 1.06 bits per heavy atom. The van der Waals surface area contributed by atoms with Gasteiger partial charge in [-0.05, 0) is 29.8 Å². The highest BCUT2D eigenvalue weighted by Gasteiger charge is 2.23. The third kappa shape index (κ3) is 1.76. The van der Waals surface area contributed by atoms with Gasteiger partial charge in [0.2, 0.25) is 0 Å². The number of nitrogen functional groups attached to an aromatic ring is 1. The number of amides is 1. The molecule has 3 heteroatoms. The lowest BCUT2D eigenvalue weighted by molar-refractivity contribution is -0.110.